The highest BCUT2D eigenvalue weighted by atomic mass is 16.5. The van der Waals surface area contributed by atoms with Crippen molar-refractivity contribution < 1.29 is 14.3 Å². The number of hydrogen-bond donors (Lipinski definition) is 0. The van der Waals surface area contributed by atoms with E-state index in [4.69, 9.17) is 9.47 Å². The Balaban J connectivity index is 2.11. The zero-order valence-corrected chi connectivity index (χ0v) is 10.6. The molecule has 0 amide bonds. The molecular formula is C16H14O3. The molecule has 0 fully saturated rings. The predicted octanol–water partition coefficient (Wildman–Crippen LogP) is 3.96. The van der Waals surface area contributed by atoms with Crippen molar-refractivity contribution in [3.05, 3.63) is 66.7 Å². The minimum Gasteiger partial charge on any atom is -0.457 e. The quantitative estimate of drug-likeness (QED) is 0.470. The van der Waals surface area contributed by atoms with Gasteiger partial charge in [-0.3, -0.25) is 0 Å². The van der Waals surface area contributed by atoms with E-state index in [1.54, 1.807) is 31.2 Å². The van der Waals surface area contributed by atoms with Gasteiger partial charge in [-0.25, -0.2) is 4.79 Å². The highest BCUT2D eigenvalue weighted by Crippen LogP contribution is 2.25. The Hall–Kier alpha value is -2.55. The van der Waals surface area contributed by atoms with Crippen LogP contribution in [0.5, 0.6) is 17.2 Å². The third-order valence-corrected chi connectivity index (χ3v) is 2.34. The second kappa shape index (κ2) is 5.87. The zero-order valence-electron chi connectivity index (χ0n) is 10.6. The number of para-hydroxylation sites is 1. The molecule has 0 atom stereocenters. The minimum atomic E-state index is -0.447. The molecule has 2 aromatic rings. The van der Waals surface area contributed by atoms with Crippen molar-refractivity contribution >= 4 is 5.97 Å². The maximum atomic E-state index is 11.4. The molecule has 0 aliphatic rings. The van der Waals surface area contributed by atoms with Crippen LogP contribution in [0.1, 0.15) is 6.92 Å². The van der Waals surface area contributed by atoms with Crippen molar-refractivity contribution in [3.63, 3.8) is 0 Å². The van der Waals surface area contributed by atoms with Crippen LogP contribution in [0.15, 0.2) is 66.7 Å². The number of carbonyl (C=O) groups is 1. The molecule has 0 radical (unpaired) electrons. The molecule has 0 aliphatic carbocycles. The Morgan fingerprint density at radius 2 is 1.58 bits per heavy atom. The molecule has 19 heavy (non-hydrogen) atoms. The van der Waals surface area contributed by atoms with Crippen LogP contribution >= 0.6 is 0 Å². The van der Waals surface area contributed by atoms with Gasteiger partial charge in [-0.2, -0.15) is 0 Å². The Morgan fingerprint density at radius 3 is 2.26 bits per heavy atom. The van der Waals surface area contributed by atoms with Crippen LogP contribution in [0, 0.1) is 0 Å². The Bertz CT molecular complexity index is 588. The fourth-order valence-electron chi connectivity index (χ4n) is 1.42. The molecular weight excluding hydrogens is 240 g/mol. The first-order chi connectivity index (χ1) is 9.15. The van der Waals surface area contributed by atoms with E-state index in [9.17, 15) is 4.79 Å². The highest BCUT2D eigenvalue weighted by Gasteiger charge is 2.06. The van der Waals surface area contributed by atoms with Gasteiger partial charge in [-0.15, -0.1) is 0 Å². The van der Waals surface area contributed by atoms with Gasteiger partial charge < -0.3 is 9.47 Å². The smallest absolute Gasteiger partial charge is 0.338 e. The summed E-state index contributed by atoms with van der Waals surface area (Å²) in [5.41, 5.74) is 0.356. The standard InChI is InChI=1S/C16H14O3/c1-12(2)16(17)19-15-10-6-9-14(11-15)18-13-7-4-3-5-8-13/h3-11H,1H2,2H3. The Kier molecular flexibility index (Phi) is 3.98. The third-order valence-electron chi connectivity index (χ3n) is 2.34. The van der Waals surface area contributed by atoms with Gasteiger partial charge in [0.2, 0.25) is 0 Å². The normalized spacial score (nSPS) is 9.74. The fourth-order valence-corrected chi connectivity index (χ4v) is 1.42. The van der Waals surface area contributed by atoms with E-state index in [2.05, 4.69) is 6.58 Å². The van der Waals surface area contributed by atoms with Crippen LogP contribution in [-0.4, -0.2) is 5.97 Å². The molecule has 0 spiro atoms. The molecule has 0 bridgehead atoms. The van der Waals surface area contributed by atoms with E-state index < -0.39 is 5.97 Å². The van der Waals surface area contributed by atoms with Crippen molar-refractivity contribution in [2.24, 2.45) is 0 Å². The summed E-state index contributed by atoms with van der Waals surface area (Å²) in [5.74, 6) is 1.32. The summed E-state index contributed by atoms with van der Waals surface area (Å²) in [6.07, 6.45) is 0. The lowest BCUT2D eigenvalue weighted by Crippen LogP contribution is -2.07. The minimum absolute atomic E-state index is 0.356. The van der Waals surface area contributed by atoms with Gasteiger partial charge in [0.05, 0.1) is 0 Å². The molecule has 0 unspecified atom stereocenters. The summed E-state index contributed by atoms with van der Waals surface area (Å²) in [6.45, 7) is 5.14. The lowest BCUT2D eigenvalue weighted by Gasteiger charge is -2.08. The Morgan fingerprint density at radius 1 is 0.947 bits per heavy atom. The van der Waals surface area contributed by atoms with Gasteiger partial charge in [0.15, 0.2) is 0 Å². The van der Waals surface area contributed by atoms with Crippen molar-refractivity contribution in [3.8, 4) is 17.2 Å². The lowest BCUT2D eigenvalue weighted by atomic mass is 10.3. The first kappa shape index (κ1) is 12.9. The predicted molar refractivity (Wildman–Crippen MR) is 73.4 cm³/mol. The Labute approximate surface area is 112 Å². The van der Waals surface area contributed by atoms with E-state index in [-0.39, 0.29) is 0 Å². The van der Waals surface area contributed by atoms with Crippen molar-refractivity contribution in [1.29, 1.82) is 0 Å². The molecule has 3 heteroatoms. The first-order valence-electron chi connectivity index (χ1n) is 5.86. The van der Waals surface area contributed by atoms with Gasteiger partial charge in [-0.05, 0) is 31.2 Å². The van der Waals surface area contributed by atoms with Crippen molar-refractivity contribution in [2.45, 2.75) is 6.92 Å². The number of ether oxygens (including phenoxy) is 2. The van der Waals surface area contributed by atoms with Crippen molar-refractivity contribution in [2.75, 3.05) is 0 Å². The average molecular weight is 254 g/mol. The SMILES string of the molecule is C=C(C)C(=O)Oc1cccc(Oc2ccccc2)c1. The molecule has 0 aliphatic heterocycles. The van der Waals surface area contributed by atoms with E-state index in [0.29, 0.717) is 17.1 Å². The number of rotatable bonds is 4. The number of hydrogen-bond acceptors (Lipinski definition) is 3. The molecule has 0 heterocycles. The molecule has 3 nitrogen and oxygen atoms in total. The van der Waals surface area contributed by atoms with E-state index in [0.717, 1.165) is 5.75 Å². The monoisotopic (exact) mass is 254 g/mol. The largest absolute Gasteiger partial charge is 0.457 e. The maximum Gasteiger partial charge on any atom is 0.338 e. The van der Waals surface area contributed by atoms with Gasteiger partial charge in [0.1, 0.15) is 17.2 Å². The van der Waals surface area contributed by atoms with Crippen LogP contribution in [0.25, 0.3) is 0 Å². The fraction of sp³-hybridized carbons (Fsp3) is 0.0625. The van der Waals surface area contributed by atoms with E-state index >= 15 is 0 Å². The summed E-state index contributed by atoms with van der Waals surface area (Å²) in [4.78, 5) is 11.4. The lowest BCUT2D eigenvalue weighted by molar-refractivity contribution is -0.130. The third kappa shape index (κ3) is 3.71. The van der Waals surface area contributed by atoms with Gasteiger partial charge in [-0.1, -0.05) is 30.8 Å². The molecule has 0 aromatic heterocycles. The van der Waals surface area contributed by atoms with Crippen LogP contribution in [0.2, 0.25) is 0 Å². The van der Waals surface area contributed by atoms with Crippen LogP contribution in [0.4, 0.5) is 0 Å². The summed E-state index contributed by atoms with van der Waals surface area (Å²) in [6, 6.07) is 16.3. The van der Waals surface area contributed by atoms with Gasteiger partial charge in [0.25, 0.3) is 0 Å². The van der Waals surface area contributed by atoms with Crippen LogP contribution in [0.3, 0.4) is 0 Å². The summed E-state index contributed by atoms with van der Waals surface area (Å²) < 4.78 is 10.8. The van der Waals surface area contributed by atoms with E-state index in [1.807, 2.05) is 30.3 Å². The molecule has 2 aromatic carbocycles. The summed E-state index contributed by atoms with van der Waals surface area (Å²) in [7, 11) is 0. The second-order valence-corrected chi connectivity index (χ2v) is 4.06. The molecule has 2 rings (SSSR count). The molecule has 96 valence electrons. The average Bonchev–Trinajstić information content (AvgIpc) is 2.40. The zero-order chi connectivity index (χ0) is 13.7. The van der Waals surface area contributed by atoms with Gasteiger partial charge >= 0.3 is 5.97 Å². The number of esters is 1. The topological polar surface area (TPSA) is 35.5 Å². The maximum absolute atomic E-state index is 11.4. The molecule has 0 N–H and O–H groups in total. The number of carbonyl (C=O) groups excluding carboxylic acids is 1. The summed E-state index contributed by atoms with van der Waals surface area (Å²) in [5, 5.41) is 0. The first-order valence-corrected chi connectivity index (χ1v) is 5.86. The molecule has 0 saturated heterocycles. The summed E-state index contributed by atoms with van der Waals surface area (Å²) >= 11 is 0. The second-order valence-electron chi connectivity index (χ2n) is 4.06. The molecule has 0 saturated carbocycles. The van der Waals surface area contributed by atoms with Crippen LogP contribution in [-0.2, 0) is 4.79 Å². The van der Waals surface area contributed by atoms with Crippen molar-refractivity contribution in [1.82, 2.24) is 0 Å². The van der Waals surface area contributed by atoms with Gasteiger partial charge in [0, 0.05) is 11.6 Å². The number of benzene rings is 2. The highest BCUT2D eigenvalue weighted by molar-refractivity contribution is 5.88. The van der Waals surface area contributed by atoms with E-state index in [1.165, 1.54) is 0 Å². The van der Waals surface area contributed by atoms with Crippen LogP contribution < -0.4 is 9.47 Å².